The second kappa shape index (κ2) is 9.29. The third kappa shape index (κ3) is 4.56. The van der Waals surface area contributed by atoms with Crippen molar-refractivity contribution in [1.29, 1.82) is 0 Å². The first-order valence-electron chi connectivity index (χ1n) is 10.0. The van der Waals surface area contributed by atoms with Gasteiger partial charge in [0.1, 0.15) is 30.2 Å². The van der Waals surface area contributed by atoms with Crippen molar-refractivity contribution >= 4 is 0 Å². The number of benzene rings is 2. The summed E-state index contributed by atoms with van der Waals surface area (Å²) in [6, 6.07) is 11.1. The Balaban J connectivity index is 1.37. The van der Waals surface area contributed by atoms with Crippen LogP contribution in [-0.4, -0.2) is 71.6 Å². The second-order valence-electron chi connectivity index (χ2n) is 7.49. The largest absolute Gasteiger partial charge is 0.493 e. The van der Waals surface area contributed by atoms with Gasteiger partial charge in [0.25, 0.3) is 0 Å². The van der Waals surface area contributed by atoms with Crippen LogP contribution in [0, 0.1) is 0 Å². The number of aliphatic hydroxyl groups excluding tert-OH is 4. The molecule has 2 aromatic carbocycles. The van der Waals surface area contributed by atoms with E-state index in [0.717, 1.165) is 24.0 Å². The lowest BCUT2D eigenvalue weighted by Gasteiger charge is -2.39. The predicted octanol–water partition coefficient (Wildman–Crippen LogP) is 0.388. The van der Waals surface area contributed by atoms with Crippen molar-refractivity contribution in [2.75, 3.05) is 20.5 Å². The van der Waals surface area contributed by atoms with Gasteiger partial charge in [0.2, 0.25) is 18.8 Å². The van der Waals surface area contributed by atoms with Gasteiger partial charge in [-0.3, -0.25) is 0 Å². The number of aryl methyl sites for hydroxylation is 2. The summed E-state index contributed by atoms with van der Waals surface area (Å²) >= 11 is 0. The molecule has 0 unspecified atom stereocenters. The number of fused-ring (bicyclic) bond motifs is 1. The molecule has 0 amide bonds. The lowest BCUT2D eigenvalue weighted by atomic mass is 9.99. The zero-order chi connectivity index (χ0) is 22.0. The van der Waals surface area contributed by atoms with Crippen molar-refractivity contribution < 1.29 is 44.1 Å². The minimum absolute atomic E-state index is 0.186. The third-order valence-electron chi connectivity index (χ3n) is 5.44. The summed E-state index contributed by atoms with van der Waals surface area (Å²) in [5.74, 6) is 2.38. The Hall–Kier alpha value is -2.56. The highest BCUT2D eigenvalue weighted by Crippen LogP contribution is 2.42. The first-order valence-corrected chi connectivity index (χ1v) is 10.0. The first-order chi connectivity index (χ1) is 15.0. The monoisotopic (exact) mass is 434 g/mol. The number of ether oxygens (including phenoxy) is 5. The van der Waals surface area contributed by atoms with Gasteiger partial charge in [-0.15, -0.1) is 0 Å². The predicted molar refractivity (Wildman–Crippen MR) is 107 cm³/mol. The van der Waals surface area contributed by atoms with E-state index in [4.69, 9.17) is 23.7 Å². The fourth-order valence-corrected chi connectivity index (χ4v) is 3.65. The van der Waals surface area contributed by atoms with Gasteiger partial charge in [0.05, 0.1) is 13.7 Å². The Kier molecular flexibility index (Phi) is 6.49. The highest BCUT2D eigenvalue weighted by molar-refractivity contribution is 5.55. The topological polar surface area (TPSA) is 127 Å². The van der Waals surface area contributed by atoms with Gasteiger partial charge in [-0.2, -0.15) is 0 Å². The molecule has 0 aromatic heterocycles. The maximum atomic E-state index is 10.1. The van der Waals surface area contributed by atoms with Crippen molar-refractivity contribution in [3.63, 3.8) is 0 Å². The van der Waals surface area contributed by atoms with Gasteiger partial charge in [-0.1, -0.05) is 12.1 Å². The van der Waals surface area contributed by atoms with E-state index in [0.29, 0.717) is 23.0 Å². The molecule has 1 saturated heterocycles. The van der Waals surface area contributed by atoms with E-state index in [9.17, 15) is 20.4 Å². The van der Waals surface area contributed by atoms with Crippen LogP contribution in [0.3, 0.4) is 0 Å². The van der Waals surface area contributed by atoms with Crippen molar-refractivity contribution in [3.05, 3.63) is 47.5 Å². The van der Waals surface area contributed by atoms with E-state index in [-0.39, 0.29) is 6.79 Å². The molecule has 5 atom stereocenters. The maximum Gasteiger partial charge on any atom is 0.231 e. The van der Waals surface area contributed by atoms with Gasteiger partial charge in [-0.05, 0) is 48.2 Å². The number of aliphatic hydroxyl groups is 4. The molecule has 0 bridgehead atoms. The third-order valence-corrected chi connectivity index (χ3v) is 5.44. The molecule has 2 aromatic rings. The summed E-state index contributed by atoms with van der Waals surface area (Å²) < 4.78 is 27.2. The Morgan fingerprint density at radius 3 is 2.39 bits per heavy atom. The molecule has 2 heterocycles. The van der Waals surface area contributed by atoms with E-state index in [1.165, 1.54) is 0 Å². The summed E-state index contributed by atoms with van der Waals surface area (Å²) in [5.41, 5.74) is 2.13. The molecule has 31 heavy (non-hydrogen) atoms. The summed E-state index contributed by atoms with van der Waals surface area (Å²) in [6.45, 7) is -0.320. The molecule has 168 valence electrons. The number of methoxy groups -OCH3 is 1. The summed E-state index contributed by atoms with van der Waals surface area (Å²) in [4.78, 5) is 0. The van der Waals surface area contributed by atoms with Gasteiger partial charge < -0.3 is 44.1 Å². The molecule has 4 rings (SSSR count). The van der Waals surface area contributed by atoms with Crippen LogP contribution in [-0.2, 0) is 17.6 Å². The summed E-state index contributed by atoms with van der Waals surface area (Å²) in [7, 11) is 1.59. The number of hydrogen-bond donors (Lipinski definition) is 4. The first kappa shape index (κ1) is 21.7. The summed E-state index contributed by atoms with van der Waals surface area (Å²) in [5, 5.41) is 39.1. The van der Waals surface area contributed by atoms with E-state index in [1.54, 1.807) is 19.2 Å². The molecule has 0 radical (unpaired) electrons. The number of rotatable bonds is 7. The van der Waals surface area contributed by atoms with Crippen LogP contribution in [0.5, 0.6) is 23.0 Å². The van der Waals surface area contributed by atoms with Crippen LogP contribution in [0.25, 0.3) is 0 Å². The molecule has 9 nitrogen and oxygen atoms in total. The lowest BCUT2D eigenvalue weighted by molar-refractivity contribution is -0.277. The molecule has 2 aliphatic rings. The van der Waals surface area contributed by atoms with E-state index >= 15 is 0 Å². The van der Waals surface area contributed by atoms with Gasteiger partial charge in [0.15, 0.2) is 11.5 Å². The smallest absolute Gasteiger partial charge is 0.231 e. The van der Waals surface area contributed by atoms with Crippen LogP contribution in [0.15, 0.2) is 36.4 Å². The minimum atomic E-state index is -1.48. The normalized spacial score (nSPS) is 27.2. The number of hydrogen-bond acceptors (Lipinski definition) is 9. The molecular formula is C22H26O9. The van der Waals surface area contributed by atoms with Crippen molar-refractivity contribution in [3.8, 4) is 23.0 Å². The van der Waals surface area contributed by atoms with E-state index in [2.05, 4.69) is 0 Å². The highest BCUT2D eigenvalue weighted by Gasteiger charge is 2.44. The Labute approximate surface area is 179 Å². The standard InChI is InChI=1S/C22H26O9/c1-27-15-8-13(9-16-21(15)29-11-28-16)3-2-12-4-6-14(7-5-12)30-22-20(26)19(25)18(24)17(10-23)31-22/h4-9,17-20,22-26H,2-3,10-11H2,1H3/t17-,18-,19+,20-,22-/m1/s1. The van der Waals surface area contributed by atoms with Gasteiger partial charge >= 0.3 is 0 Å². The molecular weight excluding hydrogens is 408 g/mol. The van der Waals surface area contributed by atoms with E-state index in [1.807, 2.05) is 24.3 Å². The minimum Gasteiger partial charge on any atom is -0.493 e. The van der Waals surface area contributed by atoms with Crippen molar-refractivity contribution in [1.82, 2.24) is 0 Å². The average Bonchev–Trinajstić information content (AvgIpc) is 3.27. The van der Waals surface area contributed by atoms with Gasteiger partial charge in [0, 0.05) is 0 Å². The van der Waals surface area contributed by atoms with Crippen LogP contribution in [0.1, 0.15) is 11.1 Å². The van der Waals surface area contributed by atoms with Crippen LogP contribution >= 0.6 is 0 Å². The molecule has 9 heteroatoms. The fraction of sp³-hybridized carbons (Fsp3) is 0.455. The van der Waals surface area contributed by atoms with Crippen LogP contribution in [0.2, 0.25) is 0 Å². The highest BCUT2D eigenvalue weighted by atomic mass is 16.7. The molecule has 0 spiro atoms. The lowest BCUT2D eigenvalue weighted by Crippen LogP contribution is -2.60. The molecule has 0 aliphatic carbocycles. The van der Waals surface area contributed by atoms with Crippen molar-refractivity contribution in [2.24, 2.45) is 0 Å². The Morgan fingerprint density at radius 1 is 0.935 bits per heavy atom. The fourth-order valence-electron chi connectivity index (χ4n) is 3.65. The SMILES string of the molecule is COc1cc(CCc2ccc(O[C@@H]3O[C@H](CO)[C@@H](O)[C@H](O)[C@H]3O)cc2)cc2c1OCO2. The summed E-state index contributed by atoms with van der Waals surface area (Å²) in [6.07, 6.45) is -5.03. The van der Waals surface area contributed by atoms with Crippen LogP contribution in [0.4, 0.5) is 0 Å². The zero-order valence-corrected chi connectivity index (χ0v) is 17.0. The Bertz CT molecular complexity index is 883. The Morgan fingerprint density at radius 2 is 1.68 bits per heavy atom. The maximum absolute atomic E-state index is 10.1. The second-order valence-corrected chi connectivity index (χ2v) is 7.49. The van der Waals surface area contributed by atoms with Crippen molar-refractivity contribution in [2.45, 2.75) is 43.5 Å². The van der Waals surface area contributed by atoms with Gasteiger partial charge in [-0.25, -0.2) is 0 Å². The molecule has 1 fully saturated rings. The average molecular weight is 434 g/mol. The molecule has 4 N–H and O–H groups in total. The molecule has 2 aliphatic heterocycles. The zero-order valence-electron chi connectivity index (χ0n) is 17.0. The van der Waals surface area contributed by atoms with Crippen LogP contribution < -0.4 is 18.9 Å². The quantitative estimate of drug-likeness (QED) is 0.489. The van der Waals surface area contributed by atoms with E-state index < -0.39 is 37.3 Å². The molecule has 0 saturated carbocycles.